The van der Waals surface area contributed by atoms with Crippen molar-refractivity contribution in [2.75, 3.05) is 5.32 Å². The molecule has 0 bridgehead atoms. The third-order valence-corrected chi connectivity index (χ3v) is 7.89. The van der Waals surface area contributed by atoms with E-state index in [0.717, 1.165) is 65.3 Å². The smallest absolute Gasteiger partial charge is 0.273 e. The molecule has 0 aliphatic carbocycles. The molecule has 5 nitrogen and oxygen atoms in total. The number of ether oxygens (including phenoxy) is 1. The van der Waals surface area contributed by atoms with Gasteiger partial charge in [0, 0.05) is 34.6 Å². The van der Waals surface area contributed by atoms with Gasteiger partial charge in [-0.05, 0) is 78.9 Å². The molecule has 1 aliphatic rings. The van der Waals surface area contributed by atoms with Crippen molar-refractivity contribution < 1.29 is 9.53 Å². The first-order valence-corrected chi connectivity index (χ1v) is 14.3. The van der Waals surface area contributed by atoms with Crippen molar-refractivity contribution in [3.63, 3.8) is 0 Å². The fourth-order valence-electron chi connectivity index (χ4n) is 5.80. The number of hydrogen-bond donors (Lipinski definition) is 1. The van der Waals surface area contributed by atoms with Crippen molar-refractivity contribution in [1.82, 2.24) is 8.97 Å². The van der Waals surface area contributed by atoms with E-state index in [1.165, 1.54) is 5.56 Å². The molecule has 1 amide bonds. The first kappa shape index (κ1) is 25.2. The van der Waals surface area contributed by atoms with Crippen molar-refractivity contribution in [3.05, 3.63) is 132 Å². The van der Waals surface area contributed by atoms with E-state index in [-0.39, 0.29) is 5.91 Å². The Morgan fingerprint density at radius 2 is 1.44 bits per heavy atom. The Morgan fingerprint density at radius 1 is 0.756 bits per heavy atom. The topological polar surface area (TPSA) is 47.7 Å². The minimum atomic E-state index is -0.162. The summed E-state index contributed by atoms with van der Waals surface area (Å²) in [6.07, 6.45) is 5.14. The molecule has 1 aliphatic heterocycles. The molecule has 0 fully saturated rings. The number of amides is 1. The van der Waals surface area contributed by atoms with Gasteiger partial charge in [0.1, 0.15) is 22.8 Å². The Labute approximate surface area is 243 Å². The molecular weight excluding hydrogens is 530 g/mol. The quantitative estimate of drug-likeness (QED) is 0.222. The zero-order valence-electron chi connectivity index (χ0n) is 22.4. The third-order valence-electron chi connectivity index (χ3n) is 7.64. The molecule has 0 spiro atoms. The summed E-state index contributed by atoms with van der Waals surface area (Å²) in [6.45, 7) is 0.902. The highest BCUT2D eigenvalue weighted by atomic mass is 35.5. The van der Waals surface area contributed by atoms with Crippen LogP contribution in [0.5, 0.6) is 11.5 Å². The molecule has 3 heterocycles. The van der Waals surface area contributed by atoms with Crippen LogP contribution in [-0.2, 0) is 13.0 Å². The molecule has 6 heteroatoms. The van der Waals surface area contributed by atoms with Crippen LogP contribution >= 0.6 is 11.6 Å². The van der Waals surface area contributed by atoms with E-state index in [4.69, 9.17) is 16.3 Å². The van der Waals surface area contributed by atoms with Crippen LogP contribution in [0.3, 0.4) is 0 Å². The number of carbonyl (C=O) groups excluding carboxylic acids is 1. The predicted molar refractivity (Wildman–Crippen MR) is 165 cm³/mol. The maximum Gasteiger partial charge on any atom is 0.273 e. The van der Waals surface area contributed by atoms with Crippen LogP contribution in [0.25, 0.3) is 28.0 Å². The Kier molecular flexibility index (Phi) is 6.57. The summed E-state index contributed by atoms with van der Waals surface area (Å²) in [4.78, 5) is 14.1. The van der Waals surface area contributed by atoms with Crippen LogP contribution in [0, 0.1) is 0 Å². The number of aryl methyl sites for hydroxylation is 2. The lowest BCUT2D eigenvalue weighted by Crippen LogP contribution is -2.15. The van der Waals surface area contributed by atoms with Gasteiger partial charge in [-0.1, -0.05) is 72.3 Å². The number of benzene rings is 4. The summed E-state index contributed by atoms with van der Waals surface area (Å²) >= 11 is 6.11. The summed E-state index contributed by atoms with van der Waals surface area (Å²) in [7, 11) is 0. The fourth-order valence-corrected chi connectivity index (χ4v) is 5.92. The van der Waals surface area contributed by atoms with Crippen LogP contribution in [0.15, 0.2) is 115 Å². The minimum absolute atomic E-state index is 0.162. The number of aromatic nitrogens is 2. The van der Waals surface area contributed by atoms with Crippen molar-refractivity contribution in [1.29, 1.82) is 0 Å². The Hall–Kier alpha value is -4.74. The van der Waals surface area contributed by atoms with Gasteiger partial charge in [-0.25, -0.2) is 0 Å². The van der Waals surface area contributed by atoms with Crippen LogP contribution in [0.1, 0.15) is 28.9 Å². The summed E-state index contributed by atoms with van der Waals surface area (Å²) in [5, 5.41) is 3.75. The number of nitrogens with zero attached hydrogens (tertiary/aromatic N) is 2. The summed E-state index contributed by atoms with van der Waals surface area (Å²) in [5.74, 6) is 1.37. The number of carbonyl (C=O) groups is 1. The average Bonchev–Trinajstić information content (AvgIpc) is 3.43. The number of hydrogen-bond acceptors (Lipinski definition) is 2. The van der Waals surface area contributed by atoms with E-state index in [0.29, 0.717) is 16.4 Å². The molecule has 0 radical (unpaired) electrons. The van der Waals surface area contributed by atoms with E-state index >= 15 is 0 Å². The summed E-state index contributed by atoms with van der Waals surface area (Å²) < 4.78 is 10.5. The van der Waals surface area contributed by atoms with Crippen molar-refractivity contribution in [3.8, 4) is 33.9 Å². The molecule has 202 valence electrons. The van der Waals surface area contributed by atoms with E-state index in [2.05, 4.69) is 56.9 Å². The van der Waals surface area contributed by atoms with E-state index in [1.807, 2.05) is 60.7 Å². The molecule has 6 aromatic rings. The molecule has 2 aromatic heterocycles. The summed E-state index contributed by atoms with van der Waals surface area (Å²) in [6, 6.07) is 35.4. The Bertz CT molecular complexity index is 1840. The highest BCUT2D eigenvalue weighted by molar-refractivity contribution is 6.30. The van der Waals surface area contributed by atoms with Gasteiger partial charge in [0.2, 0.25) is 0 Å². The standard InChI is InChI=1S/C35H28ClN3O2/c36-26-16-18-27(19-17-26)37-34(40)33-32(25-14-20-29(21-15-25)41-28-11-5-2-6-12-28)30-13-7-8-22-38-31(23-39(33)35(30)38)24-9-3-1-4-10-24/h1-6,9-12,14-21,23H,7-8,13,22H2,(H,37,40). The zero-order chi connectivity index (χ0) is 27.8. The second-order valence-electron chi connectivity index (χ2n) is 10.3. The van der Waals surface area contributed by atoms with Gasteiger partial charge in [-0.3, -0.25) is 9.20 Å². The van der Waals surface area contributed by atoms with Crippen molar-refractivity contribution >= 4 is 28.8 Å². The molecule has 0 atom stereocenters. The molecule has 4 aromatic carbocycles. The van der Waals surface area contributed by atoms with Crippen molar-refractivity contribution in [2.45, 2.75) is 25.8 Å². The van der Waals surface area contributed by atoms with E-state index in [9.17, 15) is 4.79 Å². The third kappa shape index (κ3) is 4.79. The summed E-state index contributed by atoms with van der Waals surface area (Å²) in [5.41, 5.74) is 7.81. The minimum Gasteiger partial charge on any atom is -0.457 e. The normalized spacial score (nSPS) is 12.7. The highest BCUT2D eigenvalue weighted by Crippen LogP contribution is 2.40. The second kappa shape index (κ2) is 10.7. The van der Waals surface area contributed by atoms with E-state index < -0.39 is 0 Å². The van der Waals surface area contributed by atoms with Gasteiger partial charge in [-0.2, -0.15) is 0 Å². The molecular formula is C35H28ClN3O2. The highest BCUT2D eigenvalue weighted by Gasteiger charge is 2.29. The van der Waals surface area contributed by atoms with Crippen LogP contribution in [0.4, 0.5) is 5.69 Å². The molecule has 41 heavy (non-hydrogen) atoms. The van der Waals surface area contributed by atoms with Gasteiger partial charge in [0.05, 0.1) is 5.69 Å². The zero-order valence-corrected chi connectivity index (χ0v) is 23.1. The van der Waals surface area contributed by atoms with Crippen LogP contribution in [0.2, 0.25) is 5.02 Å². The number of anilines is 1. The van der Waals surface area contributed by atoms with E-state index in [1.54, 1.807) is 12.1 Å². The first-order chi connectivity index (χ1) is 20.2. The van der Waals surface area contributed by atoms with Crippen molar-refractivity contribution in [2.24, 2.45) is 0 Å². The number of para-hydroxylation sites is 1. The lowest BCUT2D eigenvalue weighted by atomic mass is 9.97. The average molecular weight is 558 g/mol. The maximum atomic E-state index is 14.1. The largest absolute Gasteiger partial charge is 0.457 e. The molecule has 7 rings (SSSR count). The number of nitrogens with one attached hydrogen (secondary N) is 1. The Morgan fingerprint density at radius 3 is 2.17 bits per heavy atom. The SMILES string of the molecule is O=C(Nc1ccc(Cl)cc1)c1c(-c2ccc(Oc3ccccc3)cc2)c2c3n(c(-c4ccccc4)cn13)CCCC2. The van der Waals surface area contributed by atoms with Gasteiger partial charge in [0.25, 0.3) is 5.91 Å². The Balaban J connectivity index is 1.38. The molecule has 0 saturated heterocycles. The monoisotopic (exact) mass is 557 g/mol. The fraction of sp³-hybridized carbons (Fsp3) is 0.114. The van der Waals surface area contributed by atoms with Gasteiger partial charge in [-0.15, -0.1) is 0 Å². The van der Waals surface area contributed by atoms with Crippen LogP contribution < -0.4 is 10.1 Å². The molecule has 0 saturated carbocycles. The molecule has 0 unspecified atom stereocenters. The maximum absolute atomic E-state index is 14.1. The molecule has 1 N–H and O–H groups in total. The van der Waals surface area contributed by atoms with Crippen LogP contribution in [-0.4, -0.2) is 14.9 Å². The van der Waals surface area contributed by atoms with Gasteiger partial charge >= 0.3 is 0 Å². The first-order valence-electron chi connectivity index (χ1n) is 13.9. The lowest BCUT2D eigenvalue weighted by Gasteiger charge is -2.11. The number of imidazole rings is 1. The number of rotatable bonds is 6. The number of halogens is 1. The second-order valence-corrected chi connectivity index (χ2v) is 10.7. The van der Waals surface area contributed by atoms with Gasteiger partial charge < -0.3 is 14.6 Å². The van der Waals surface area contributed by atoms with Gasteiger partial charge in [0.15, 0.2) is 0 Å². The predicted octanol–water partition coefficient (Wildman–Crippen LogP) is 9.11. The lowest BCUT2D eigenvalue weighted by molar-refractivity contribution is 0.102.